The summed E-state index contributed by atoms with van der Waals surface area (Å²) < 4.78 is 1.14. The van der Waals surface area contributed by atoms with Gasteiger partial charge in [0.05, 0.1) is 15.2 Å². The van der Waals surface area contributed by atoms with Crippen molar-refractivity contribution in [2.75, 3.05) is 6.54 Å². The molecule has 1 aromatic heterocycles. The van der Waals surface area contributed by atoms with Gasteiger partial charge in [0.25, 0.3) is 0 Å². The highest BCUT2D eigenvalue weighted by atomic mass is 35.5. The maximum Gasteiger partial charge on any atom is 0.0984 e. The molecule has 0 bridgehead atoms. The van der Waals surface area contributed by atoms with Crippen LogP contribution in [0.4, 0.5) is 0 Å². The van der Waals surface area contributed by atoms with Crippen molar-refractivity contribution in [3.63, 3.8) is 0 Å². The van der Waals surface area contributed by atoms with Gasteiger partial charge in [-0.25, -0.2) is 4.98 Å². The summed E-state index contributed by atoms with van der Waals surface area (Å²) >= 11 is 7.66. The van der Waals surface area contributed by atoms with E-state index in [1.807, 2.05) is 18.2 Å². The number of nitrogens with two attached hydrogens (primary N) is 1. The van der Waals surface area contributed by atoms with Crippen molar-refractivity contribution in [1.82, 2.24) is 4.98 Å². The lowest BCUT2D eigenvalue weighted by atomic mass is 9.97. The van der Waals surface area contributed by atoms with Gasteiger partial charge in [0.1, 0.15) is 0 Å². The van der Waals surface area contributed by atoms with E-state index in [4.69, 9.17) is 17.3 Å². The van der Waals surface area contributed by atoms with Gasteiger partial charge < -0.3 is 5.73 Å². The summed E-state index contributed by atoms with van der Waals surface area (Å²) in [5.41, 5.74) is 6.82. The van der Waals surface area contributed by atoms with Gasteiger partial charge in [0, 0.05) is 17.5 Å². The molecule has 4 heteroatoms. The van der Waals surface area contributed by atoms with Crippen molar-refractivity contribution in [1.29, 1.82) is 0 Å². The maximum atomic E-state index is 5.96. The quantitative estimate of drug-likeness (QED) is 0.908. The van der Waals surface area contributed by atoms with E-state index >= 15 is 0 Å². The highest BCUT2D eigenvalue weighted by Gasteiger charge is 2.18. The van der Waals surface area contributed by atoms with Crippen LogP contribution in [0.25, 0.3) is 10.2 Å². The predicted molar refractivity (Wildman–Crippen MR) is 71.3 cm³/mol. The molecular weight excluding hydrogens is 240 g/mol. The zero-order valence-electron chi connectivity index (χ0n) is 9.40. The van der Waals surface area contributed by atoms with E-state index in [2.05, 4.69) is 18.8 Å². The van der Waals surface area contributed by atoms with Crippen molar-refractivity contribution < 1.29 is 0 Å². The SMILES string of the molecule is CC(C)C(CN)c1nc2ccc(Cl)cc2s1. The van der Waals surface area contributed by atoms with E-state index in [-0.39, 0.29) is 0 Å². The highest BCUT2D eigenvalue weighted by molar-refractivity contribution is 7.18. The van der Waals surface area contributed by atoms with E-state index in [1.54, 1.807) is 11.3 Å². The number of fused-ring (bicyclic) bond motifs is 1. The first-order chi connectivity index (χ1) is 7.61. The summed E-state index contributed by atoms with van der Waals surface area (Å²) in [5.74, 6) is 0.859. The Labute approximate surface area is 104 Å². The third-order valence-electron chi connectivity index (χ3n) is 2.74. The van der Waals surface area contributed by atoms with E-state index in [0.29, 0.717) is 18.4 Å². The maximum absolute atomic E-state index is 5.96. The zero-order valence-corrected chi connectivity index (χ0v) is 11.0. The number of halogens is 1. The van der Waals surface area contributed by atoms with Crippen LogP contribution < -0.4 is 5.73 Å². The van der Waals surface area contributed by atoms with Crippen LogP contribution in [0.1, 0.15) is 24.8 Å². The molecule has 1 heterocycles. The molecule has 0 aliphatic heterocycles. The van der Waals surface area contributed by atoms with Gasteiger partial charge >= 0.3 is 0 Å². The minimum absolute atomic E-state index is 0.344. The Morgan fingerprint density at radius 2 is 2.19 bits per heavy atom. The van der Waals surface area contributed by atoms with Gasteiger partial charge in [-0.3, -0.25) is 0 Å². The van der Waals surface area contributed by atoms with E-state index in [1.165, 1.54) is 0 Å². The van der Waals surface area contributed by atoms with E-state index < -0.39 is 0 Å². The topological polar surface area (TPSA) is 38.9 Å². The second kappa shape index (κ2) is 4.70. The smallest absolute Gasteiger partial charge is 0.0984 e. The molecule has 0 spiro atoms. The van der Waals surface area contributed by atoms with Crippen LogP contribution in [0.5, 0.6) is 0 Å². The standard InChI is InChI=1S/C12H15ClN2S/c1-7(2)9(6-14)12-15-10-4-3-8(13)5-11(10)16-12/h3-5,7,9H,6,14H2,1-2H3. The average Bonchev–Trinajstić information content (AvgIpc) is 2.60. The first-order valence-electron chi connectivity index (χ1n) is 5.38. The zero-order chi connectivity index (χ0) is 11.7. The fraction of sp³-hybridized carbons (Fsp3) is 0.417. The number of nitrogens with zero attached hydrogens (tertiary/aromatic N) is 1. The number of hydrogen-bond acceptors (Lipinski definition) is 3. The molecule has 0 radical (unpaired) electrons. The molecule has 2 aromatic rings. The molecule has 0 aliphatic rings. The second-order valence-corrected chi connectivity index (χ2v) is 5.75. The third-order valence-corrected chi connectivity index (χ3v) is 4.13. The first-order valence-corrected chi connectivity index (χ1v) is 6.57. The van der Waals surface area contributed by atoms with Crippen molar-refractivity contribution in [3.8, 4) is 0 Å². The fourth-order valence-corrected chi connectivity index (χ4v) is 3.26. The number of benzene rings is 1. The Morgan fingerprint density at radius 3 is 2.81 bits per heavy atom. The molecule has 2 nitrogen and oxygen atoms in total. The number of rotatable bonds is 3. The summed E-state index contributed by atoms with van der Waals surface area (Å²) in [6.45, 7) is 5.00. The Hall–Kier alpha value is -0.640. The normalized spacial score (nSPS) is 13.6. The van der Waals surface area contributed by atoms with Gasteiger partial charge in [-0.1, -0.05) is 25.4 Å². The molecule has 0 fully saturated rings. The lowest BCUT2D eigenvalue weighted by molar-refractivity contribution is 0.505. The van der Waals surface area contributed by atoms with Crippen LogP contribution in [0.2, 0.25) is 5.02 Å². The number of aromatic nitrogens is 1. The van der Waals surface area contributed by atoms with Crippen molar-refractivity contribution in [3.05, 3.63) is 28.2 Å². The molecule has 0 amide bonds. The molecule has 0 aliphatic carbocycles. The lowest BCUT2D eigenvalue weighted by Crippen LogP contribution is -2.17. The Balaban J connectivity index is 2.45. The van der Waals surface area contributed by atoms with Crippen LogP contribution in [-0.2, 0) is 0 Å². The predicted octanol–water partition coefficient (Wildman–Crippen LogP) is 3.65. The molecule has 86 valence electrons. The van der Waals surface area contributed by atoms with Crippen LogP contribution in [0, 0.1) is 5.92 Å². The van der Waals surface area contributed by atoms with Crippen LogP contribution in [0.3, 0.4) is 0 Å². The van der Waals surface area contributed by atoms with Gasteiger partial charge in [-0.05, 0) is 24.1 Å². The molecule has 2 rings (SSSR count). The minimum Gasteiger partial charge on any atom is -0.330 e. The summed E-state index contributed by atoms with van der Waals surface area (Å²) in [6.07, 6.45) is 0. The van der Waals surface area contributed by atoms with Crippen LogP contribution in [0.15, 0.2) is 18.2 Å². The highest BCUT2D eigenvalue weighted by Crippen LogP contribution is 2.32. The molecule has 0 saturated carbocycles. The van der Waals surface area contributed by atoms with E-state index in [9.17, 15) is 0 Å². The minimum atomic E-state index is 0.344. The monoisotopic (exact) mass is 254 g/mol. The first kappa shape index (κ1) is 11.8. The molecular formula is C12H15ClN2S. The van der Waals surface area contributed by atoms with Gasteiger partial charge in [-0.15, -0.1) is 11.3 Å². The number of thiazole rings is 1. The van der Waals surface area contributed by atoms with Gasteiger partial charge in [0.15, 0.2) is 0 Å². The molecule has 2 N–H and O–H groups in total. The third kappa shape index (κ3) is 2.21. The van der Waals surface area contributed by atoms with Crippen LogP contribution >= 0.6 is 22.9 Å². The molecule has 1 unspecified atom stereocenters. The fourth-order valence-electron chi connectivity index (χ4n) is 1.73. The molecule has 1 aromatic carbocycles. The van der Waals surface area contributed by atoms with Gasteiger partial charge in [-0.2, -0.15) is 0 Å². The largest absolute Gasteiger partial charge is 0.330 e. The summed E-state index contributed by atoms with van der Waals surface area (Å²) in [5, 5.41) is 1.88. The molecule has 16 heavy (non-hydrogen) atoms. The Bertz CT molecular complexity index is 493. The summed E-state index contributed by atoms with van der Waals surface area (Å²) in [4.78, 5) is 4.63. The van der Waals surface area contributed by atoms with Crippen molar-refractivity contribution in [2.45, 2.75) is 19.8 Å². The second-order valence-electron chi connectivity index (χ2n) is 4.25. The average molecular weight is 255 g/mol. The van der Waals surface area contributed by atoms with E-state index in [0.717, 1.165) is 20.2 Å². The van der Waals surface area contributed by atoms with Crippen molar-refractivity contribution in [2.24, 2.45) is 11.7 Å². The van der Waals surface area contributed by atoms with Gasteiger partial charge in [0.2, 0.25) is 0 Å². The molecule has 0 saturated heterocycles. The lowest BCUT2D eigenvalue weighted by Gasteiger charge is -2.15. The Morgan fingerprint density at radius 1 is 1.44 bits per heavy atom. The van der Waals surface area contributed by atoms with Crippen molar-refractivity contribution >= 4 is 33.2 Å². The number of hydrogen-bond donors (Lipinski definition) is 1. The summed E-state index contributed by atoms with van der Waals surface area (Å²) in [7, 11) is 0. The Kier molecular flexibility index (Phi) is 3.47. The molecule has 1 atom stereocenters. The van der Waals surface area contributed by atoms with Crippen LogP contribution in [-0.4, -0.2) is 11.5 Å². The summed E-state index contributed by atoms with van der Waals surface area (Å²) in [6, 6.07) is 5.80.